The van der Waals surface area contributed by atoms with Crippen LogP contribution in [-0.2, 0) is 11.3 Å². The van der Waals surface area contributed by atoms with E-state index in [1.165, 1.54) is 0 Å². The molecule has 1 aromatic rings. The standard InChI is InChI=1S/C16H25N3O2/c1-16(2,3)21-15(20)19-10-8-14(12-19)18(4)11-13-7-5-6-9-17-13/h5-7,9,14H,8,10-12H2,1-4H3/t14-/m1/s1. The molecule has 21 heavy (non-hydrogen) atoms. The first-order valence-electron chi connectivity index (χ1n) is 7.43. The number of likely N-dealkylation sites (N-methyl/N-ethyl adjacent to an activating group) is 1. The zero-order chi connectivity index (χ0) is 15.5. The summed E-state index contributed by atoms with van der Waals surface area (Å²) in [4.78, 5) is 20.5. The van der Waals surface area contributed by atoms with E-state index in [0.717, 1.165) is 31.7 Å². The van der Waals surface area contributed by atoms with Crippen molar-refractivity contribution in [2.24, 2.45) is 0 Å². The van der Waals surface area contributed by atoms with Gasteiger partial charge < -0.3 is 9.64 Å². The van der Waals surface area contributed by atoms with Crippen LogP contribution in [0.25, 0.3) is 0 Å². The maximum absolute atomic E-state index is 12.1. The molecule has 1 saturated heterocycles. The lowest BCUT2D eigenvalue weighted by molar-refractivity contribution is 0.0282. The van der Waals surface area contributed by atoms with Crippen LogP contribution < -0.4 is 0 Å². The van der Waals surface area contributed by atoms with E-state index < -0.39 is 5.60 Å². The predicted octanol–water partition coefficient (Wildman–Crippen LogP) is 2.52. The van der Waals surface area contributed by atoms with E-state index >= 15 is 0 Å². The van der Waals surface area contributed by atoms with Gasteiger partial charge in [-0.3, -0.25) is 9.88 Å². The molecule has 116 valence electrons. The first kappa shape index (κ1) is 15.8. The first-order chi connectivity index (χ1) is 9.85. The van der Waals surface area contributed by atoms with Gasteiger partial charge in [0.25, 0.3) is 0 Å². The Hall–Kier alpha value is -1.62. The molecule has 0 bridgehead atoms. The molecular formula is C16H25N3O2. The Bertz CT molecular complexity index is 470. The molecule has 0 N–H and O–H groups in total. The number of amides is 1. The predicted molar refractivity (Wildman–Crippen MR) is 81.9 cm³/mol. The Labute approximate surface area is 126 Å². The number of likely N-dealkylation sites (tertiary alicyclic amines) is 1. The average Bonchev–Trinajstić information content (AvgIpc) is 2.87. The van der Waals surface area contributed by atoms with Gasteiger partial charge in [-0.15, -0.1) is 0 Å². The number of ether oxygens (including phenoxy) is 1. The number of carbonyl (C=O) groups is 1. The Kier molecular flexibility index (Phi) is 4.83. The van der Waals surface area contributed by atoms with Gasteiger partial charge in [-0.2, -0.15) is 0 Å². The molecule has 1 fully saturated rings. The molecule has 0 unspecified atom stereocenters. The lowest BCUT2D eigenvalue weighted by Gasteiger charge is -2.26. The highest BCUT2D eigenvalue weighted by Crippen LogP contribution is 2.19. The second-order valence-electron chi connectivity index (χ2n) is 6.61. The normalized spacial score (nSPS) is 19.1. The molecule has 1 atom stereocenters. The third kappa shape index (κ3) is 4.70. The summed E-state index contributed by atoms with van der Waals surface area (Å²) < 4.78 is 5.42. The molecule has 1 aromatic heterocycles. The van der Waals surface area contributed by atoms with E-state index in [0.29, 0.717) is 6.04 Å². The molecule has 0 saturated carbocycles. The van der Waals surface area contributed by atoms with Crippen molar-refractivity contribution in [3.05, 3.63) is 30.1 Å². The summed E-state index contributed by atoms with van der Waals surface area (Å²) in [6.07, 6.45) is 2.57. The maximum atomic E-state index is 12.1. The summed E-state index contributed by atoms with van der Waals surface area (Å²) in [7, 11) is 2.08. The number of carbonyl (C=O) groups excluding carboxylic acids is 1. The third-order valence-electron chi connectivity index (χ3n) is 3.58. The molecule has 1 aliphatic heterocycles. The summed E-state index contributed by atoms with van der Waals surface area (Å²) in [5.74, 6) is 0. The molecule has 1 amide bonds. The van der Waals surface area contributed by atoms with Crippen molar-refractivity contribution >= 4 is 6.09 Å². The lowest BCUT2D eigenvalue weighted by atomic mass is 10.2. The molecule has 2 heterocycles. The molecule has 0 radical (unpaired) electrons. The molecule has 5 heteroatoms. The van der Waals surface area contributed by atoms with E-state index in [-0.39, 0.29) is 6.09 Å². The van der Waals surface area contributed by atoms with Crippen LogP contribution >= 0.6 is 0 Å². The Morgan fingerprint density at radius 1 is 1.48 bits per heavy atom. The minimum absolute atomic E-state index is 0.212. The molecule has 0 spiro atoms. The fraction of sp³-hybridized carbons (Fsp3) is 0.625. The number of hydrogen-bond acceptors (Lipinski definition) is 4. The SMILES string of the molecule is CN(Cc1ccccn1)[C@@H]1CCN(C(=O)OC(C)(C)C)C1. The highest BCUT2D eigenvalue weighted by molar-refractivity contribution is 5.68. The lowest BCUT2D eigenvalue weighted by Crippen LogP contribution is -2.38. The second-order valence-corrected chi connectivity index (χ2v) is 6.61. The zero-order valence-electron chi connectivity index (χ0n) is 13.4. The van der Waals surface area contributed by atoms with Crippen molar-refractivity contribution in [2.45, 2.75) is 45.4 Å². The van der Waals surface area contributed by atoms with E-state index in [9.17, 15) is 4.79 Å². The summed E-state index contributed by atoms with van der Waals surface area (Å²) in [6.45, 7) is 7.96. The van der Waals surface area contributed by atoms with Crippen molar-refractivity contribution in [1.29, 1.82) is 0 Å². The molecule has 5 nitrogen and oxygen atoms in total. The van der Waals surface area contributed by atoms with Crippen molar-refractivity contribution in [3.63, 3.8) is 0 Å². The third-order valence-corrected chi connectivity index (χ3v) is 3.58. The minimum atomic E-state index is -0.435. The van der Waals surface area contributed by atoms with Crippen LogP contribution in [0, 0.1) is 0 Å². The highest BCUT2D eigenvalue weighted by atomic mass is 16.6. The summed E-state index contributed by atoms with van der Waals surface area (Å²) in [5.41, 5.74) is 0.616. The van der Waals surface area contributed by atoms with E-state index in [1.54, 1.807) is 4.90 Å². The molecular weight excluding hydrogens is 266 g/mol. The van der Waals surface area contributed by atoms with Gasteiger partial charge in [0.15, 0.2) is 0 Å². The van der Waals surface area contributed by atoms with Crippen LogP contribution in [-0.4, -0.2) is 52.7 Å². The molecule has 0 aliphatic carbocycles. The van der Waals surface area contributed by atoms with Crippen LogP contribution in [0.5, 0.6) is 0 Å². The number of aromatic nitrogens is 1. The fourth-order valence-electron chi connectivity index (χ4n) is 2.47. The van der Waals surface area contributed by atoms with Crippen molar-refractivity contribution < 1.29 is 9.53 Å². The minimum Gasteiger partial charge on any atom is -0.444 e. The molecule has 2 rings (SSSR count). The Balaban J connectivity index is 1.86. The maximum Gasteiger partial charge on any atom is 0.410 e. The second kappa shape index (κ2) is 6.43. The molecule has 1 aliphatic rings. The van der Waals surface area contributed by atoms with Crippen LogP contribution in [0.15, 0.2) is 24.4 Å². The van der Waals surface area contributed by atoms with Crippen LogP contribution in [0.2, 0.25) is 0 Å². The Morgan fingerprint density at radius 2 is 2.24 bits per heavy atom. The van der Waals surface area contributed by atoms with Gasteiger partial charge >= 0.3 is 6.09 Å². The van der Waals surface area contributed by atoms with Crippen LogP contribution in [0.3, 0.4) is 0 Å². The van der Waals surface area contributed by atoms with Gasteiger partial charge in [-0.25, -0.2) is 4.79 Å². The average molecular weight is 291 g/mol. The van der Waals surface area contributed by atoms with Crippen LogP contribution in [0.4, 0.5) is 4.79 Å². The summed E-state index contributed by atoms with van der Waals surface area (Å²) in [6, 6.07) is 6.30. The van der Waals surface area contributed by atoms with Gasteiger partial charge in [0.05, 0.1) is 5.69 Å². The number of rotatable bonds is 3. The smallest absolute Gasteiger partial charge is 0.410 e. The quantitative estimate of drug-likeness (QED) is 0.858. The summed E-state index contributed by atoms with van der Waals surface area (Å²) in [5, 5.41) is 0. The van der Waals surface area contributed by atoms with E-state index in [2.05, 4.69) is 16.9 Å². The Morgan fingerprint density at radius 3 is 2.86 bits per heavy atom. The van der Waals surface area contributed by atoms with Gasteiger partial charge in [0, 0.05) is 31.9 Å². The van der Waals surface area contributed by atoms with Gasteiger partial charge in [-0.1, -0.05) is 6.07 Å². The highest BCUT2D eigenvalue weighted by Gasteiger charge is 2.31. The van der Waals surface area contributed by atoms with E-state index in [1.807, 2.05) is 45.2 Å². The fourth-order valence-corrected chi connectivity index (χ4v) is 2.47. The van der Waals surface area contributed by atoms with Gasteiger partial charge in [0.1, 0.15) is 5.60 Å². The summed E-state index contributed by atoms with van der Waals surface area (Å²) >= 11 is 0. The van der Waals surface area contributed by atoms with Crippen molar-refractivity contribution in [3.8, 4) is 0 Å². The van der Waals surface area contributed by atoms with Gasteiger partial charge in [0.2, 0.25) is 0 Å². The monoisotopic (exact) mass is 291 g/mol. The number of pyridine rings is 1. The number of nitrogens with zero attached hydrogens (tertiary/aromatic N) is 3. The van der Waals surface area contributed by atoms with Crippen molar-refractivity contribution in [1.82, 2.24) is 14.8 Å². The van der Waals surface area contributed by atoms with Crippen LogP contribution in [0.1, 0.15) is 32.9 Å². The van der Waals surface area contributed by atoms with Crippen molar-refractivity contribution in [2.75, 3.05) is 20.1 Å². The van der Waals surface area contributed by atoms with E-state index in [4.69, 9.17) is 4.74 Å². The first-order valence-corrected chi connectivity index (χ1v) is 7.43. The molecule has 0 aromatic carbocycles. The van der Waals surface area contributed by atoms with Gasteiger partial charge in [-0.05, 0) is 46.4 Å². The largest absolute Gasteiger partial charge is 0.444 e. The number of hydrogen-bond donors (Lipinski definition) is 0. The zero-order valence-corrected chi connectivity index (χ0v) is 13.4. The topological polar surface area (TPSA) is 45.7 Å².